The Balaban J connectivity index is 2.05. The minimum absolute atomic E-state index is 0.378. The van der Waals surface area contributed by atoms with E-state index in [1.165, 1.54) is 18.9 Å². The van der Waals surface area contributed by atoms with E-state index in [-0.39, 0.29) is 5.82 Å². The van der Waals surface area contributed by atoms with Crippen molar-refractivity contribution in [2.75, 3.05) is 0 Å². The SMILES string of the molecule is Fc1ccc(-c2nc(Cl)c(Br)c(C3CCCC3)n2)nc1. The van der Waals surface area contributed by atoms with Gasteiger partial charge in [0.15, 0.2) is 5.82 Å². The molecule has 20 heavy (non-hydrogen) atoms. The average Bonchev–Trinajstić information content (AvgIpc) is 2.96. The summed E-state index contributed by atoms with van der Waals surface area (Å²) >= 11 is 9.65. The molecule has 1 fully saturated rings. The summed E-state index contributed by atoms with van der Waals surface area (Å²) in [6.07, 6.45) is 5.81. The van der Waals surface area contributed by atoms with Crippen molar-refractivity contribution in [1.82, 2.24) is 15.0 Å². The summed E-state index contributed by atoms with van der Waals surface area (Å²) in [5.74, 6) is 0.470. The van der Waals surface area contributed by atoms with Crippen molar-refractivity contribution in [2.24, 2.45) is 0 Å². The van der Waals surface area contributed by atoms with Crippen molar-refractivity contribution in [3.05, 3.63) is 39.5 Å². The van der Waals surface area contributed by atoms with Gasteiger partial charge in [-0.2, -0.15) is 0 Å². The zero-order chi connectivity index (χ0) is 14.1. The zero-order valence-corrected chi connectivity index (χ0v) is 13.0. The van der Waals surface area contributed by atoms with Crippen LogP contribution in [0.5, 0.6) is 0 Å². The van der Waals surface area contributed by atoms with Gasteiger partial charge >= 0.3 is 0 Å². The monoisotopic (exact) mass is 355 g/mol. The van der Waals surface area contributed by atoms with Crippen LogP contribution in [0.1, 0.15) is 37.3 Å². The molecule has 0 radical (unpaired) electrons. The van der Waals surface area contributed by atoms with Crippen LogP contribution < -0.4 is 0 Å². The highest BCUT2D eigenvalue weighted by molar-refractivity contribution is 9.10. The van der Waals surface area contributed by atoms with Gasteiger partial charge in [0.1, 0.15) is 16.7 Å². The van der Waals surface area contributed by atoms with E-state index < -0.39 is 0 Å². The van der Waals surface area contributed by atoms with Crippen molar-refractivity contribution in [3.8, 4) is 11.5 Å². The van der Waals surface area contributed by atoms with E-state index in [1.807, 2.05) is 0 Å². The lowest BCUT2D eigenvalue weighted by Gasteiger charge is -2.13. The minimum Gasteiger partial charge on any atom is -0.250 e. The van der Waals surface area contributed by atoms with E-state index in [0.29, 0.717) is 22.6 Å². The Labute approximate surface area is 129 Å². The Bertz CT molecular complexity index is 627. The highest BCUT2D eigenvalue weighted by atomic mass is 79.9. The number of pyridine rings is 1. The van der Waals surface area contributed by atoms with Crippen LogP contribution >= 0.6 is 27.5 Å². The molecule has 0 spiro atoms. The third-order valence-corrected chi connectivity index (χ3v) is 4.82. The van der Waals surface area contributed by atoms with Gasteiger partial charge in [-0.3, -0.25) is 0 Å². The first kappa shape index (κ1) is 13.9. The minimum atomic E-state index is -0.382. The molecule has 2 aromatic heterocycles. The fraction of sp³-hybridized carbons (Fsp3) is 0.357. The van der Waals surface area contributed by atoms with Gasteiger partial charge in [0, 0.05) is 5.92 Å². The number of aromatic nitrogens is 3. The molecule has 0 N–H and O–H groups in total. The van der Waals surface area contributed by atoms with Gasteiger partial charge in [-0.1, -0.05) is 24.4 Å². The first-order valence-electron chi connectivity index (χ1n) is 6.50. The molecule has 1 saturated carbocycles. The molecule has 2 heterocycles. The Kier molecular flexibility index (Phi) is 3.98. The number of hydrogen-bond acceptors (Lipinski definition) is 3. The molecule has 104 valence electrons. The second-order valence-electron chi connectivity index (χ2n) is 4.88. The van der Waals surface area contributed by atoms with Gasteiger partial charge in [-0.25, -0.2) is 19.3 Å². The molecule has 0 aromatic carbocycles. The summed E-state index contributed by atoms with van der Waals surface area (Å²) in [7, 11) is 0. The molecule has 3 nitrogen and oxygen atoms in total. The smallest absolute Gasteiger partial charge is 0.179 e. The average molecular weight is 357 g/mol. The van der Waals surface area contributed by atoms with Gasteiger partial charge in [-0.05, 0) is 40.9 Å². The van der Waals surface area contributed by atoms with Crippen molar-refractivity contribution < 1.29 is 4.39 Å². The maximum Gasteiger partial charge on any atom is 0.179 e. The van der Waals surface area contributed by atoms with Crippen LogP contribution in [0, 0.1) is 5.82 Å². The van der Waals surface area contributed by atoms with Crippen LogP contribution in [0.15, 0.2) is 22.8 Å². The number of rotatable bonds is 2. The molecule has 0 unspecified atom stereocenters. The first-order valence-corrected chi connectivity index (χ1v) is 7.67. The zero-order valence-electron chi connectivity index (χ0n) is 10.6. The largest absolute Gasteiger partial charge is 0.250 e. The molecule has 6 heteroatoms. The molecule has 2 aromatic rings. The van der Waals surface area contributed by atoms with Gasteiger partial charge in [0.2, 0.25) is 0 Å². The summed E-state index contributed by atoms with van der Waals surface area (Å²) < 4.78 is 13.7. The predicted octanol–water partition coefficient (Wildman–Crippen LogP) is 4.75. The predicted molar refractivity (Wildman–Crippen MR) is 79.1 cm³/mol. The van der Waals surface area contributed by atoms with E-state index in [2.05, 4.69) is 30.9 Å². The van der Waals surface area contributed by atoms with Crippen molar-refractivity contribution >= 4 is 27.5 Å². The molecule has 0 atom stereocenters. The van der Waals surface area contributed by atoms with Gasteiger partial charge in [0.25, 0.3) is 0 Å². The van der Waals surface area contributed by atoms with E-state index in [4.69, 9.17) is 11.6 Å². The maximum atomic E-state index is 12.9. The molecule has 3 rings (SSSR count). The summed E-state index contributed by atoms with van der Waals surface area (Å²) in [6.45, 7) is 0. The molecular weight excluding hydrogens is 345 g/mol. The van der Waals surface area contributed by atoms with Crippen LogP contribution in [0.25, 0.3) is 11.5 Å². The second kappa shape index (κ2) is 5.74. The van der Waals surface area contributed by atoms with Gasteiger partial charge in [0.05, 0.1) is 16.4 Å². The molecule has 0 saturated heterocycles. The van der Waals surface area contributed by atoms with E-state index in [9.17, 15) is 4.39 Å². The topological polar surface area (TPSA) is 38.7 Å². The summed E-state index contributed by atoms with van der Waals surface area (Å²) in [5, 5.41) is 0.378. The third-order valence-electron chi connectivity index (χ3n) is 3.53. The molecule has 0 aliphatic heterocycles. The first-order chi connectivity index (χ1) is 9.65. The molecule has 1 aliphatic rings. The van der Waals surface area contributed by atoms with Crippen LogP contribution in [0.2, 0.25) is 5.15 Å². The van der Waals surface area contributed by atoms with E-state index >= 15 is 0 Å². The fourth-order valence-corrected chi connectivity index (χ4v) is 3.21. The van der Waals surface area contributed by atoms with Crippen LogP contribution in [-0.2, 0) is 0 Å². The Hall–Kier alpha value is -1.07. The molecule has 0 bridgehead atoms. The van der Waals surface area contributed by atoms with Crippen molar-refractivity contribution in [3.63, 3.8) is 0 Å². The van der Waals surface area contributed by atoms with Crippen molar-refractivity contribution in [1.29, 1.82) is 0 Å². The van der Waals surface area contributed by atoms with Crippen LogP contribution in [-0.4, -0.2) is 15.0 Å². The third kappa shape index (κ3) is 2.69. The van der Waals surface area contributed by atoms with Gasteiger partial charge < -0.3 is 0 Å². The molecule has 1 aliphatic carbocycles. The Morgan fingerprint density at radius 3 is 2.60 bits per heavy atom. The van der Waals surface area contributed by atoms with E-state index in [1.54, 1.807) is 6.07 Å². The van der Waals surface area contributed by atoms with E-state index in [0.717, 1.165) is 29.2 Å². The number of halogens is 3. The highest BCUT2D eigenvalue weighted by Crippen LogP contribution is 2.39. The quantitative estimate of drug-likeness (QED) is 0.729. The molecule has 0 amide bonds. The summed E-state index contributed by atoms with van der Waals surface area (Å²) in [6, 6.07) is 2.91. The highest BCUT2D eigenvalue weighted by Gasteiger charge is 2.24. The maximum absolute atomic E-state index is 12.9. The summed E-state index contributed by atoms with van der Waals surface area (Å²) in [4.78, 5) is 12.8. The van der Waals surface area contributed by atoms with Gasteiger partial charge in [-0.15, -0.1) is 0 Å². The standard InChI is InChI=1S/C14H12BrClFN3/c15-11-12(8-3-1-2-4-8)19-14(20-13(11)16)10-6-5-9(17)7-18-10/h5-8H,1-4H2. The normalized spacial score (nSPS) is 15.8. The Morgan fingerprint density at radius 2 is 1.95 bits per heavy atom. The summed E-state index contributed by atoms with van der Waals surface area (Å²) in [5.41, 5.74) is 1.46. The van der Waals surface area contributed by atoms with Crippen LogP contribution in [0.3, 0.4) is 0 Å². The lowest BCUT2D eigenvalue weighted by molar-refractivity contribution is 0.621. The Morgan fingerprint density at radius 1 is 1.20 bits per heavy atom. The number of hydrogen-bond donors (Lipinski definition) is 0. The lowest BCUT2D eigenvalue weighted by atomic mass is 10.0. The fourth-order valence-electron chi connectivity index (χ4n) is 2.53. The lowest BCUT2D eigenvalue weighted by Crippen LogP contribution is -2.03. The van der Waals surface area contributed by atoms with Crippen LogP contribution in [0.4, 0.5) is 4.39 Å². The number of nitrogens with zero attached hydrogens (tertiary/aromatic N) is 3. The molecular formula is C14H12BrClFN3. The van der Waals surface area contributed by atoms with Crippen molar-refractivity contribution in [2.45, 2.75) is 31.6 Å². The second-order valence-corrected chi connectivity index (χ2v) is 6.03.